The topological polar surface area (TPSA) is 3.24 Å². The molecule has 1 aliphatic rings. The quantitative estimate of drug-likeness (QED) is 0.739. The van der Waals surface area contributed by atoms with Crippen molar-refractivity contribution in [3.63, 3.8) is 0 Å². The molecule has 90 valence electrons. The number of aryl methyl sites for hydroxylation is 1. The fraction of sp³-hybridized carbons (Fsp3) is 0.636. The van der Waals surface area contributed by atoms with E-state index in [0.29, 0.717) is 12.0 Å². The molecule has 0 N–H and O–H groups in total. The van der Waals surface area contributed by atoms with Gasteiger partial charge in [0.05, 0.1) is 0 Å². The number of hydrogen-bond acceptors (Lipinski definition) is 2. The minimum absolute atomic E-state index is 0.239. The molecule has 0 saturated carbocycles. The van der Waals surface area contributed by atoms with Gasteiger partial charge in [-0.05, 0) is 49.9 Å². The molecule has 1 nitrogen and oxygen atoms in total. The van der Waals surface area contributed by atoms with Gasteiger partial charge in [0.25, 0.3) is 0 Å². The summed E-state index contributed by atoms with van der Waals surface area (Å²) in [5.74, 6) is 0. The monoisotopic (exact) mass is 249 g/mol. The van der Waals surface area contributed by atoms with E-state index in [9.17, 15) is 13.2 Å². The molecular weight excluding hydrogens is 235 g/mol. The Morgan fingerprint density at radius 2 is 2.06 bits per heavy atom. The summed E-state index contributed by atoms with van der Waals surface area (Å²) >= 11 is 0.843. The van der Waals surface area contributed by atoms with Gasteiger partial charge in [0.1, 0.15) is 4.88 Å². The van der Waals surface area contributed by atoms with Crippen LogP contribution in [0.15, 0.2) is 5.38 Å². The summed E-state index contributed by atoms with van der Waals surface area (Å²) in [6.07, 6.45) is -1.94. The lowest BCUT2D eigenvalue weighted by atomic mass is 9.89. The van der Waals surface area contributed by atoms with Gasteiger partial charge >= 0.3 is 6.18 Å². The molecule has 0 fully saturated rings. The van der Waals surface area contributed by atoms with E-state index in [2.05, 4.69) is 0 Å². The van der Waals surface area contributed by atoms with Crippen molar-refractivity contribution in [2.45, 2.75) is 31.5 Å². The van der Waals surface area contributed by atoms with Gasteiger partial charge in [0.15, 0.2) is 0 Å². The number of halogens is 3. The number of thiophene rings is 1. The van der Waals surface area contributed by atoms with Gasteiger partial charge in [-0.3, -0.25) is 0 Å². The second-order valence-electron chi connectivity index (χ2n) is 4.43. The number of nitrogens with zero attached hydrogens (tertiary/aromatic N) is 1. The standard InChI is InChI=1S/C11H14F3NS/c1-15(2)8-4-3-7-6-16-10(9(7)5-8)11(12,13)14/h6,8H,3-5H2,1-2H3. The summed E-state index contributed by atoms with van der Waals surface area (Å²) in [6.45, 7) is 0. The molecule has 1 atom stereocenters. The molecule has 5 heteroatoms. The van der Waals surface area contributed by atoms with Gasteiger partial charge in [-0.1, -0.05) is 0 Å². The third-order valence-electron chi connectivity index (χ3n) is 3.16. The lowest BCUT2D eigenvalue weighted by molar-refractivity contribution is -0.135. The molecule has 0 radical (unpaired) electrons. The highest BCUT2D eigenvalue weighted by atomic mass is 32.1. The second-order valence-corrected chi connectivity index (χ2v) is 5.31. The highest BCUT2D eigenvalue weighted by Crippen LogP contribution is 2.41. The highest BCUT2D eigenvalue weighted by molar-refractivity contribution is 7.10. The van der Waals surface area contributed by atoms with Crippen LogP contribution in [-0.2, 0) is 19.0 Å². The van der Waals surface area contributed by atoms with Crippen molar-refractivity contribution in [1.82, 2.24) is 4.90 Å². The maximum absolute atomic E-state index is 12.7. The third kappa shape index (κ3) is 2.11. The molecule has 2 rings (SSSR count). The van der Waals surface area contributed by atoms with Crippen LogP contribution in [0.3, 0.4) is 0 Å². The van der Waals surface area contributed by atoms with Crippen molar-refractivity contribution < 1.29 is 13.2 Å². The van der Waals surface area contributed by atoms with Crippen LogP contribution in [0.25, 0.3) is 0 Å². The summed E-state index contributed by atoms with van der Waals surface area (Å²) in [5, 5.41) is 1.67. The Kier molecular flexibility index (Phi) is 3.01. The van der Waals surface area contributed by atoms with Crippen LogP contribution in [-0.4, -0.2) is 25.0 Å². The van der Waals surface area contributed by atoms with Crippen LogP contribution >= 0.6 is 11.3 Å². The van der Waals surface area contributed by atoms with E-state index in [4.69, 9.17) is 0 Å². The normalized spacial score (nSPS) is 21.2. The number of hydrogen-bond donors (Lipinski definition) is 0. The fourth-order valence-corrected chi connectivity index (χ4v) is 3.20. The zero-order valence-corrected chi connectivity index (χ0v) is 10.1. The zero-order chi connectivity index (χ0) is 11.9. The summed E-state index contributed by atoms with van der Waals surface area (Å²) in [5.41, 5.74) is 1.43. The van der Waals surface area contributed by atoms with Crippen molar-refractivity contribution in [2.24, 2.45) is 0 Å². The largest absolute Gasteiger partial charge is 0.425 e. The maximum Gasteiger partial charge on any atom is 0.425 e. The van der Waals surface area contributed by atoms with E-state index in [-0.39, 0.29) is 6.04 Å². The molecule has 1 unspecified atom stereocenters. The van der Waals surface area contributed by atoms with Gasteiger partial charge in [0, 0.05) is 6.04 Å². The molecule has 0 spiro atoms. The smallest absolute Gasteiger partial charge is 0.306 e. The fourth-order valence-electron chi connectivity index (χ4n) is 2.19. The molecule has 0 aromatic carbocycles. The van der Waals surface area contributed by atoms with Gasteiger partial charge in [-0.15, -0.1) is 11.3 Å². The minimum Gasteiger partial charge on any atom is -0.306 e. The predicted octanol–water partition coefficient (Wildman–Crippen LogP) is 3.19. The first-order chi connectivity index (χ1) is 7.39. The summed E-state index contributed by atoms with van der Waals surface area (Å²) < 4.78 is 38.2. The zero-order valence-electron chi connectivity index (χ0n) is 9.27. The van der Waals surface area contributed by atoms with Crippen LogP contribution in [0, 0.1) is 0 Å². The van der Waals surface area contributed by atoms with Crippen molar-refractivity contribution in [2.75, 3.05) is 14.1 Å². The number of rotatable bonds is 1. The van der Waals surface area contributed by atoms with Crippen molar-refractivity contribution >= 4 is 11.3 Å². The Hall–Kier alpha value is -0.550. The molecule has 1 aliphatic carbocycles. The van der Waals surface area contributed by atoms with Crippen LogP contribution in [0.2, 0.25) is 0 Å². The molecule has 1 aromatic heterocycles. The molecule has 0 aliphatic heterocycles. The maximum atomic E-state index is 12.7. The minimum atomic E-state index is -4.19. The lowest BCUT2D eigenvalue weighted by Gasteiger charge is -2.29. The SMILES string of the molecule is CN(C)C1CCc2csc(C(F)(F)F)c2C1. The Morgan fingerprint density at radius 1 is 1.38 bits per heavy atom. The lowest BCUT2D eigenvalue weighted by Crippen LogP contribution is -2.33. The molecular formula is C11H14F3NS. The van der Waals surface area contributed by atoms with Gasteiger partial charge in [-0.2, -0.15) is 13.2 Å². The molecule has 0 bridgehead atoms. The van der Waals surface area contributed by atoms with Crippen molar-refractivity contribution in [3.05, 3.63) is 21.4 Å². The van der Waals surface area contributed by atoms with E-state index in [1.807, 2.05) is 19.0 Å². The molecule has 1 heterocycles. The summed E-state index contributed by atoms with van der Waals surface area (Å²) in [7, 11) is 3.85. The van der Waals surface area contributed by atoms with E-state index in [1.165, 1.54) is 0 Å². The van der Waals surface area contributed by atoms with E-state index in [0.717, 1.165) is 29.7 Å². The highest BCUT2D eigenvalue weighted by Gasteiger charge is 2.38. The van der Waals surface area contributed by atoms with E-state index < -0.39 is 11.1 Å². The second kappa shape index (κ2) is 4.04. The third-order valence-corrected chi connectivity index (χ3v) is 4.27. The molecule has 16 heavy (non-hydrogen) atoms. The first kappa shape index (κ1) is 11.9. The van der Waals surface area contributed by atoms with Crippen LogP contribution in [0.4, 0.5) is 13.2 Å². The van der Waals surface area contributed by atoms with Gasteiger partial charge in [0.2, 0.25) is 0 Å². The van der Waals surface area contributed by atoms with Crippen LogP contribution in [0.5, 0.6) is 0 Å². The Bertz CT molecular complexity index is 381. The van der Waals surface area contributed by atoms with Crippen molar-refractivity contribution in [3.8, 4) is 0 Å². The predicted molar refractivity (Wildman–Crippen MR) is 58.8 cm³/mol. The molecule has 0 amide bonds. The first-order valence-electron chi connectivity index (χ1n) is 5.22. The Labute approximate surface area is 96.9 Å². The van der Waals surface area contributed by atoms with Crippen LogP contribution < -0.4 is 0 Å². The van der Waals surface area contributed by atoms with E-state index in [1.54, 1.807) is 5.38 Å². The first-order valence-corrected chi connectivity index (χ1v) is 6.10. The number of fused-ring (bicyclic) bond motifs is 1. The summed E-state index contributed by atoms with van der Waals surface area (Å²) in [4.78, 5) is 1.62. The number of alkyl halides is 3. The average molecular weight is 249 g/mol. The van der Waals surface area contributed by atoms with Crippen molar-refractivity contribution in [1.29, 1.82) is 0 Å². The molecule has 1 aromatic rings. The average Bonchev–Trinajstić information content (AvgIpc) is 2.58. The number of likely N-dealkylation sites (N-methyl/N-ethyl adjacent to an activating group) is 1. The molecule has 0 saturated heterocycles. The van der Waals surface area contributed by atoms with E-state index >= 15 is 0 Å². The van der Waals surface area contributed by atoms with Crippen LogP contribution in [0.1, 0.15) is 22.4 Å². The summed E-state index contributed by atoms with van der Waals surface area (Å²) in [6, 6.07) is 0.239. The Balaban J connectivity index is 2.32. The Morgan fingerprint density at radius 3 is 2.62 bits per heavy atom. The van der Waals surface area contributed by atoms with Gasteiger partial charge < -0.3 is 4.90 Å². The van der Waals surface area contributed by atoms with Gasteiger partial charge in [-0.25, -0.2) is 0 Å².